The van der Waals surface area contributed by atoms with Crippen LogP contribution in [0.3, 0.4) is 0 Å². The van der Waals surface area contributed by atoms with Crippen molar-refractivity contribution >= 4 is 23.1 Å². The van der Waals surface area contributed by atoms with E-state index >= 15 is 0 Å². The van der Waals surface area contributed by atoms with Crippen molar-refractivity contribution in [3.63, 3.8) is 0 Å². The highest BCUT2D eigenvalue weighted by molar-refractivity contribution is 7.78. The van der Waals surface area contributed by atoms with Gasteiger partial charge in [0.25, 0.3) is 0 Å². The summed E-state index contributed by atoms with van der Waals surface area (Å²) in [7, 11) is 1.44. The van der Waals surface area contributed by atoms with Gasteiger partial charge in [-0.05, 0) is 24.4 Å². The molecule has 0 radical (unpaired) electrons. The molecule has 0 heterocycles. The molecule has 0 amide bonds. The first-order valence-corrected chi connectivity index (χ1v) is 4.07. The molecule has 0 aliphatic rings. The average Bonchev–Trinajstić information content (AvgIpc) is 2.18. The molecule has 4 heteroatoms. The zero-order chi connectivity index (χ0) is 9.68. The maximum Gasteiger partial charge on any atom is 0.180 e. The minimum Gasteiger partial charge on any atom is -0.364 e. The number of methoxy groups -OCH3 is 1. The van der Waals surface area contributed by atoms with Gasteiger partial charge in [-0.2, -0.15) is 4.99 Å². The van der Waals surface area contributed by atoms with Gasteiger partial charge in [-0.15, -0.1) is 0 Å². The zero-order valence-corrected chi connectivity index (χ0v) is 7.91. The van der Waals surface area contributed by atoms with Crippen LogP contribution >= 0.6 is 12.2 Å². The third kappa shape index (κ3) is 2.72. The van der Waals surface area contributed by atoms with E-state index in [0.717, 1.165) is 0 Å². The van der Waals surface area contributed by atoms with Gasteiger partial charge in [0.1, 0.15) is 0 Å². The molecule has 0 saturated heterocycles. The topological polar surface area (TPSA) is 41.8 Å². The molecular weight excluding hydrogens is 186 g/mol. The maximum absolute atomic E-state index is 9.26. The van der Waals surface area contributed by atoms with Crippen LogP contribution in [0.1, 0.15) is 11.9 Å². The Hall–Kier alpha value is -1.06. The third-order valence-electron chi connectivity index (χ3n) is 1.58. The lowest BCUT2D eigenvalue weighted by Crippen LogP contribution is -1.98. The van der Waals surface area contributed by atoms with E-state index in [9.17, 15) is 5.11 Å². The molecule has 0 bridgehead atoms. The summed E-state index contributed by atoms with van der Waals surface area (Å²) < 4.78 is 4.72. The molecule has 1 unspecified atom stereocenters. The van der Waals surface area contributed by atoms with Gasteiger partial charge in [0.2, 0.25) is 0 Å². The number of aliphatic hydroxyl groups is 1. The van der Waals surface area contributed by atoms with Crippen LogP contribution in [0.5, 0.6) is 0 Å². The van der Waals surface area contributed by atoms with E-state index in [1.165, 1.54) is 7.11 Å². The number of isothiocyanates is 1. The second-order valence-electron chi connectivity index (χ2n) is 2.38. The maximum atomic E-state index is 9.26. The number of hydrogen-bond acceptors (Lipinski definition) is 4. The molecule has 3 nitrogen and oxygen atoms in total. The predicted molar refractivity (Wildman–Crippen MR) is 53.1 cm³/mol. The van der Waals surface area contributed by atoms with E-state index in [0.29, 0.717) is 11.3 Å². The van der Waals surface area contributed by atoms with E-state index in [-0.39, 0.29) is 0 Å². The Kier molecular flexibility index (Phi) is 3.73. The highest BCUT2D eigenvalue weighted by Gasteiger charge is 2.03. The van der Waals surface area contributed by atoms with Gasteiger partial charge in [0.05, 0.1) is 10.8 Å². The number of thiocarbonyl (C=S) groups is 1. The van der Waals surface area contributed by atoms with Crippen LogP contribution in [0.4, 0.5) is 5.69 Å². The summed E-state index contributed by atoms with van der Waals surface area (Å²) in [5.74, 6) is 0. The van der Waals surface area contributed by atoms with Crippen molar-refractivity contribution < 1.29 is 9.84 Å². The minimum atomic E-state index is -0.884. The van der Waals surface area contributed by atoms with Gasteiger partial charge < -0.3 is 9.84 Å². The van der Waals surface area contributed by atoms with Crippen molar-refractivity contribution in [1.29, 1.82) is 0 Å². The van der Waals surface area contributed by atoms with Gasteiger partial charge in [-0.3, -0.25) is 0 Å². The lowest BCUT2D eigenvalue weighted by molar-refractivity contribution is -0.0769. The fraction of sp³-hybridized carbons (Fsp3) is 0.222. The van der Waals surface area contributed by atoms with Crippen LogP contribution in [0.25, 0.3) is 0 Å². The van der Waals surface area contributed by atoms with Crippen molar-refractivity contribution in [2.45, 2.75) is 6.29 Å². The highest BCUT2D eigenvalue weighted by Crippen LogP contribution is 2.17. The van der Waals surface area contributed by atoms with E-state index in [1.54, 1.807) is 24.3 Å². The molecule has 1 N–H and O–H groups in total. The molecule has 0 aliphatic carbocycles. The van der Waals surface area contributed by atoms with E-state index in [2.05, 4.69) is 22.4 Å². The summed E-state index contributed by atoms with van der Waals surface area (Å²) in [6, 6.07) is 6.91. The lowest BCUT2D eigenvalue weighted by atomic mass is 10.2. The number of aliphatic imine (C=N–C) groups is 1. The number of nitrogens with zero attached hydrogens (tertiary/aromatic N) is 1. The van der Waals surface area contributed by atoms with Crippen molar-refractivity contribution in [3.05, 3.63) is 29.8 Å². The third-order valence-corrected chi connectivity index (χ3v) is 1.67. The molecule has 1 atom stereocenters. The molecule has 1 aromatic rings. The Balaban J connectivity index is 2.86. The van der Waals surface area contributed by atoms with E-state index in [4.69, 9.17) is 4.74 Å². The van der Waals surface area contributed by atoms with Crippen molar-refractivity contribution in [3.8, 4) is 0 Å². The van der Waals surface area contributed by atoms with Gasteiger partial charge in [0.15, 0.2) is 6.29 Å². The smallest absolute Gasteiger partial charge is 0.180 e. The molecule has 0 saturated carbocycles. The van der Waals surface area contributed by atoms with Crippen LogP contribution in [0.2, 0.25) is 0 Å². The Morgan fingerprint density at radius 2 is 2.08 bits per heavy atom. The van der Waals surface area contributed by atoms with Gasteiger partial charge >= 0.3 is 0 Å². The van der Waals surface area contributed by atoms with Crippen LogP contribution < -0.4 is 0 Å². The van der Waals surface area contributed by atoms with E-state index in [1.807, 2.05) is 0 Å². The Bertz CT molecular complexity index is 317. The SMILES string of the molecule is COC(O)c1ccc(N=C=S)cc1. The summed E-state index contributed by atoms with van der Waals surface area (Å²) in [5.41, 5.74) is 1.40. The molecular formula is C9H9NO2S. The summed E-state index contributed by atoms with van der Waals surface area (Å²) in [5, 5.41) is 11.5. The zero-order valence-electron chi connectivity index (χ0n) is 7.10. The molecule has 1 rings (SSSR count). The predicted octanol–water partition coefficient (Wildman–Crippen LogP) is 2.06. The molecule has 13 heavy (non-hydrogen) atoms. The number of aliphatic hydroxyl groups excluding tert-OH is 1. The molecule has 0 aliphatic heterocycles. The summed E-state index contributed by atoms with van der Waals surface area (Å²) in [6.45, 7) is 0. The number of benzene rings is 1. The van der Waals surface area contributed by atoms with Crippen LogP contribution in [-0.4, -0.2) is 17.4 Å². The number of hydrogen-bond donors (Lipinski definition) is 1. The largest absolute Gasteiger partial charge is 0.364 e. The van der Waals surface area contributed by atoms with Crippen molar-refractivity contribution in [2.24, 2.45) is 4.99 Å². The first-order chi connectivity index (χ1) is 6.27. The van der Waals surface area contributed by atoms with Gasteiger partial charge in [0, 0.05) is 12.7 Å². The van der Waals surface area contributed by atoms with Crippen molar-refractivity contribution in [1.82, 2.24) is 0 Å². The minimum absolute atomic E-state index is 0.686. The second kappa shape index (κ2) is 4.84. The first kappa shape index (κ1) is 10.0. The van der Waals surface area contributed by atoms with Gasteiger partial charge in [-0.25, -0.2) is 0 Å². The van der Waals surface area contributed by atoms with Crippen LogP contribution in [0, 0.1) is 0 Å². The monoisotopic (exact) mass is 195 g/mol. The van der Waals surface area contributed by atoms with E-state index < -0.39 is 6.29 Å². The first-order valence-electron chi connectivity index (χ1n) is 3.66. The Morgan fingerprint density at radius 3 is 2.54 bits per heavy atom. The Labute approximate surface area is 81.7 Å². The quantitative estimate of drug-likeness (QED) is 0.456. The lowest BCUT2D eigenvalue weighted by Gasteiger charge is -2.07. The van der Waals surface area contributed by atoms with Gasteiger partial charge in [-0.1, -0.05) is 12.1 Å². The summed E-state index contributed by atoms with van der Waals surface area (Å²) in [6.07, 6.45) is -0.884. The fourth-order valence-electron chi connectivity index (χ4n) is 0.902. The second-order valence-corrected chi connectivity index (χ2v) is 2.57. The molecule has 68 valence electrons. The van der Waals surface area contributed by atoms with Crippen LogP contribution in [-0.2, 0) is 4.74 Å². The van der Waals surface area contributed by atoms with Crippen LogP contribution in [0.15, 0.2) is 29.3 Å². The fourth-order valence-corrected chi connectivity index (χ4v) is 1.01. The summed E-state index contributed by atoms with van der Waals surface area (Å²) >= 11 is 4.45. The van der Waals surface area contributed by atoms with Crippen molar-refractivity contribution in [2.75, 3.05) is 7.11 Å². The number of ether oxygens (including phenoxy) is 1. The molecule has 0 fully saturated rings. The summed E-state index contributed by atoms with van der Waals surface area (Å²) in [4.78, 5) is 3.78. The Morgan fingerprint density at radius 1 is 1.46 bits per heavy atom. The normalized spacial score (nSPS) is 11.8. The molecule has 1 aromatic carbocycles. The standard InChI is InChI=1S/C9H9NO2S/c1-12-9(11)7-2-4-8(5-3-7)10-6-13/h2-5,9,11H,1H3. The molecule has 0 aromatic heterocycles. The number of rotatable bonds is 3. The highest BCUT2D eigenvalue weighted by atomic mass is 32.1. The molecule has 0 spiro atoms. The average molecular weight is 195 g/mol.